The van der Waals surface area contributed by atoms with Crippen molar-refractivity contribution in [3.63, 3.8) is 0 Å². The van der Waals surface area contributed by atoms with Crippen molar-refractivity contribution in [1.82, 2.24) is 4.90 Å². The molecule has 0 aromatic heterocycles. The average Bonchev–Trinajstić information content (AvgIpc) is 2.83. The van der Waals surface area contributed by atoms with E-state index in [4.69, 9.17) is 0 Å². The van der Waals surface area contributed by atoms with Gasteiger partial charge < -0.3 is 0 Å². The average molecular weight is 307 g/mol. The van der Waals surface area contributed by atoms with E-state index in [0.717, 1.165) is 6.42 Å². The molecule has 0 spiro atoms. The van der Waals surface area contributed by atoms with Gasteiger partial charge in [0.15, 0.2) is 0 Å². The highest BCUT2D eigenvalue weighted by atomic mass is 16.1. The molecule has 4 atom stereocenters. The summed E-state index contributed by atoms with van der Waals surface area (Å²) in [5, 5.41) is 2.57. The summed E-state index contributed by atoms with van der Waals surface area (Å²) in [6, 6.07) is 16.4. The van der Waals surface area contributed by atoms with E-state index in [2.05, 4.69) is 54.4 Å². The van der Waals surface area contributed by atoms with Crippen LogP contribution in [0.3, 0.4) is 0 Å². The Morgan fingerprint density at radius 2 is 1.91 bits per heavy atom. The number of benzene rings is 2. The molecule has 120 valence electrons. The second-order valence-electron chi connectivity index (χ2n) is 7.26. The Morgan fingerprint density at radius 3 is 2.70 bits per heavy atom. The predicted molar refractivity (Wildman–Crippen MR) is 94.7 cm³/mol. The summed E-state index contributed by atoms with van der Waals surface area (Å²) >= 11 is 0. The van der Waals surface area contributed by atoms with E-state index in [1.165, 1.54) is 29.2 Å². The van der Waals surface area contributed by atoms with E-state index in [1.807, 2.05) is 6.92 Å². The third-order valence-electron chi connectivity index (χ3n) is 6.19. The van der Waals surface area contributed by atoms with Gasteiger partial charge >= 0.3 is 0 Å². The summed E-state index contributed by atoms with van der Waals surface area (Å²) in [4.78, 5) is 15.2. The lowest BCUT2D eigenvalue weighted by Crippen LogP contribution is -2.48. The Bertz CT molecular complexity index is 737. The van der Waals surface area contributed by atoms with Crippen molar-refractivity contribution in [3.05, 3.63) is 48.0 Å². The molecule has 0 amide bonds. The molecule has 2 aliphatic heterocycles. The Balaban J connectivity index is 1.76. The zero-order valence-electron chi connectivity index (χ0n) is 14.0. The summed E-state index contributed by atoms with van der Waals surface area (Å²) in [5.41, 5.74) is 1.36. The fourth-order valence-electron chi connectivity index (χ4n) is 4.92. The van der Waals surface area contributed by atoms with E-state index in [1.54, 1.807) is 0 Å². The highest BCUT2D eigenvalue weighted by Crippen LogP contribution is 2.47. The van der Waals surface area contributed by atoms with Crippen LogP contribution in [0.15, 0.2) is 42.5 Å². The van der Waals surface area contributed by atoms with Crippen LogP contribution in [-0.4, -0.2) is 29.8 Å². The van der Waals surface area contributed by atoms with Crippen molar-refractivity contribution in [2.45, 2.75) is 50.6 Å². The molecule has 0 radical (unpaired) electrons. The molecule has 4 rings (SSSR count). The lowest BCUT2D eigenvalue weighted by atomic mass is 9.73. The number of Topliss-reactive ketones (excluding diaryl/α,β-unsaturated/α-hetero) is 1. The molecule has 2 heterocycles. The van der Waals surface area contributed by atoms with Gasteiger partial charge in [0.05, 0.1) is 0 Å². The van der Waals surface area contributed by atoms with E-state index >= 15 is 0 Å². The van der Waals surface area contributed by atoms with Gasteiger partial charge in [-0.15, -0.1) is 0 Å². The van der Waals surface area contributed by atoms with Crippen molar-refractivity contribution in [1.29, 1.82) is 0 Å². The van der Waals surface area contributed by atoms with Crippen LogP contribution in [0.25, 0.3) is 10.8 Å². The van der Waals surface area contributed by atoms with Gasteiger partial charge in [-0.3, -0.25) is 9.69 Å². The molecule has 2 nitrogen and oxygen atoms in total. The van der Waals surface area contributed by atoms with Crippen molar-refractivity contribution in [2.75, 3.05) is 7.05 Å². The number of rotatable bonds is 3. The zero-order chi connectivity index (χ0) is 16.0. The van der Waals surface area contributed by atoms with Gasteiger partial charge in [0, 0.05) is 24.4 Å². The maximum Gasteiger partial charge on any atom is 0.137 e. The minimum atomic E-state index is 0.171. The highest BCUT2D eigenvalue weighted by molar-refractivity contribution is 5.85. The number of hydrogen-bond acceptors (Lipinski definition) is 2. The fraction of sp³-hybridized carbons (Fsp3) is 0.476. The molecule has 2 aromatic carbocycles. The normalized spacial score (nSPS) is 30.7. The van der Waals surface area contributed by atoms with Gasteiger partial charge in [-0.25, -0.2) is 0 Å². The molecule has 2 fully saturated rings. The van der Waals surface area contributed by atoms with Crippen molar-refractivity contribution in [2.24, 2.45) is 5.92 Å². The molecule has 0 saturated carbocycles. The Labute approximate surface area is 138 Å². The number of carbonyl (C=O) groups is 1. The van der Waals surface area contributed by atoms with Crippen LogP contribution >= 0.6 is 0 Å². The van der Waals surface area contributed by atoms with Crippen molar-refractivity contribution >= 4 is 16.6 Å². The Kier molecular flexibility index (Phi) is 3.73. The first-order valence-corrected chi connectivity index (χ1v) is 8.92. The van der Waals surface area contributed by atoms with Crippen LogP contribution in [0.1, 0.15) is 44.1 Å². The largest absolute Gasteiger partial charge is 0.300 e. The smallest absolute Gasteiger partial charge is 0.137 e. The van der Waals surface area contributed by atoms with Crippen LogP contribution in [0.5, 0.6) is 0 Å². The van der Waals surface area contributed by atoms with Gasteiger partial charge in [-0.2, -0.15) is 0 Å². The van der Waals surface area contributed by atoms with Gasteiger partial charge in [0.1, 0.15) is 5.78 Å². The maximum atomic E-state index is 12.7. The number of ketones is 1. The number of nitrogens with zero attached hydrogens (tertiary/aromatic N) is 1. The molecule has 0 unspecified atom stereocenters. The van der Waals surface area contributed by atoms with Crippen LogP contribution in [-0.2, 0) is 4.79 Å². The first-order chi connectivity index (χ1) is 11.2. The topological polar surface area (TPSA) is 20.3 Å². The van der Waals surface area contributed by atoms with Crippen LogP contribution < -0.4 is 0 Å². The highest BCUT2D eigenvalue weighted by Gasteiger charge is 2.48. The van der Waals surface area contributed by atoms with Crippen LogP contribution in [0, 0.1) is 5.92 Å². The zero-order valence-corrected chi connectivity index (χ0v) is 14.0. The minimum absolute atomic E-state index is 0.171. The van der Waals surface area contributed by atoms with Gasteiger partial charge in [-0.05, 0) is 48.6 Å². The fourth-order valence-corrected chi connectivity index (χ4v) is 4.92. The van der Waals surface area contributed by atoms with Gasteiger partial charge in [0.25, 0.3) is 0 Å². The molecule has 0 N–H and O–H groups in total. The second kappa shape index (κ2) is 5.76. The first kappa shape index (κ1) is 14.9. The SMILES string of the molecule is CCC(=O)[C@H]1[C@@H](c2ccc3ccccc3c2)C[C@@H]2CC[C@H]1N2C. The molecule has 2 aliphatic rings. The van der Waals surface area contributed by atoms with E-state index in [-0.39, 0.29) is 5.92 Å². The van der Waals surface area contributed by atoms with Gasteiger partial charge in [0.2, 0.25) is 0 Å². The van der Waals surface area contributed by atoms with Gasteiger partial charge in [-0.1, -0.05) is 49.4 Å². The lowest BCUT2D eigenvalue weighted by molar-refractivity contribution is -0.126. The molecular weight excluding hydrogens is 282 g/mol. The predicted octanol–water partition coefficient (Wildman–Crippen LogP) is 4.39. The summed E-state index contributed by atoms with van der Waals surface area (Å²) in [5.74, 6) is 1.01. The lowest BCUT2D eigenvalue weighted by Gasteiger charge is -2.42. The molecule has 2 heteroatoms. The van der Waals surface area contributed by atoms with E-state index in [0.29, 0.717) is 30.2 Å². The van der Waals surface area contributed by atoms with E-state index < -0.39 is 0 Å². The molecule has 2 bridgehead atoms. The quantitative estimate of drug-likeness (QED) is 0.838. The summed E-state index contributed by atoms with van der Waals surface area (Å²) < 4.78 is 0. The molecular formula is C21H25NO. The number of hydrogen-bond donors (Lipinski definition) is 0. The monoisotopic (exact) mass is 307 g/mol. The Morgan fingerprint density at radius 1 is 1.13 bits per heavy atom. The standard InChI is InChI=1S/C21H25NO/c1-3-20(23)21-18(13-17-10-11-19(21)22(17)2)16-9-8-14-6-4-5-7-15(14)12-16/h4-9,12,17-19,21H,3,10-11,13H2,1-2H3/t17-,18+,19+,21-/m0/s1. The Hall–Kier alpha value is -1.67. The van der Waals surface area contributed by atoms with Crippen LogP contribution in [0.2, 0.25) is 0 Å². The van der Waals surface area contributed by atoms with Crippen molar-refractivity contribution in [3.8, 4) is 0 Å². The third-order valence-corrected chi connectivity index (χ3v) is 6.19. The molecule has 2 saturated heterocycles. The van der Waals surface area contributed by atoms with Crippen molar-refractivity contribution < 1.29 is 4.79 Å². The van der Waals surface area contributed by atoms with Crippen LogP contribution in [0.4, 0.5) is 0 Å². The number of piperidine rings is 1. The third kappa shape index (κ3) is 2.40. The summed E-state index contributed by atoms with van der Waals surface area (Å²) in [6.07, 6.45) is 4.21. The molecule has 23 heavy (non-hydrogen) atoms. The maximum absolute atomic E-state index is 12.7. The molecule has 0 aliphatic carbocycles. The summed E-state index contributed by atoms with van der Waals surface area (Å²) in [6.45, 7) is 2.01. The molecule has 2 aromatic rings. The number of carbonyl (C=O) groups excluding carboxylic acids is 1. The van der Waals surface area contributed by atoms with E-state index in [9.17, 15) is 4.79 Å². The second-order valence-corrected chi connectivity index (χ2v) is 7.26. The minimum Gasteiger partial charge on any atom is -0.300 e. The summed E-state index contributed by atoms with van der Waals surface area (Å²) in [7, 11) is 2.22. The first-order valence-electron chi connectivity index (χ1n) is 8.92. The number of fused-ring (bicyclic) bond motifs is 3.